The number of amides is 11. The van der Waals surface area contributed by atoms with Crippen LogP contribution in [0.2, 0.25) is 0 Å². The molecule has 102 heavy (non-hydrogen) atoms. The van der Waals surface area contributed by atoms with E-state index in [1.165, 1.54) is 28.9 Å². The van der Waals surface area contributed by atoms with E-state index in [1.807, 2.05) is 26.8 Å². The van der Waals surface area contributed by atoms with Crippen LogP contribution in [-0.2, 0) is 92.4 Å². The number of ether oxygens (including phenoxy) is 6. The molecule has 578 valence electrons. The molecule has 2 fully saturated rings. The van der Waals surface area contributed by atoms with Crippen molar-refractivity contribution < 1.29 is 96.2 Å². The molecule has 11 amide bonds. The van der Waals surface area contributed by atoms with Crippen LogP contribution in [0.25, 0.3) is 0 Å². The molecule has 2 aliphatic heterocycles. The van der Waals surface area contributed by atoms with E-state index in [1.54, 1.807) is 64.0 Å². The van der Waals surface area contributed by atoms with E-state index in [2.05, 4.69) is 31.9 Å². The number of hydrogen-bond donors (Lipinski definition) is 10. The van der Waals surface area contributed by atoms with Gasteiger partial charge in [-0.1, -0.05) is 91.1 Å². The predicted molar refractivity (Wildman–Crippen MR) is 378 cm³/mol. The summed E-state index contributed by atoms with van der Waals surface area (Å²) in [5.74, 6) is -7.61. The van der Waals surface area contributed by atoms with Crippen molar-refractivity contribution in [1.82, 2.24) is 51.5 Å². The molecule has 4 unspecified atom stereocenters. The van der Waals surface area contributed by atoms with Crippen molar-refractivity contribution in [2.45, 2.75) is 172 Å². The highest BCUT2D eigenvalue weighted by atomic mass is 32.2. The van der Waals surface area contributed by atoms with Gasteiger partial charge in [-0.3, -0.25) is 52.7 Å². The average Bonchev–Trinajstić information content (AvgIpc) is 1.60. The van der Waals surface area contributed by atoms with E-state index in [0.29, 0.717) is 38.6 Å². The molecular weight excluding hydrogens is 1350 g/mol. The van der Waals surface area contributed by atoms with Gasteiger partial charge in [0, 0.05) is 79.4 Å². The number of primary amides is 1. The lowest BCUT2D eigenvalue weighted by molar-refractivity contribution is -0.147. The van der Waals surface area contributed by atoms with Crippen molar-refractivity contribution in [2.75, 3.05) is 133 Å². The fourth-order valence-electron chi connectivity index (χ4n) is 12.4. The molecule has 0 aliphatic carbocycles. The Balaban J connectivity index is 1.42. The molecule has 33 heteroatoms. The van der Waals surface area contributed by atoms with Crippen molar-refractivity contribution in [1.29, 1.82) is 0 Å². The Morgan fingerprint density at radius 1 is 0.706 bits per heavy atom. The Morgan fingerprint density at radius 3 is 1.90 bits per heavy atom. The minimum absolute atomic E-state index is 0.00372. The predicted octanol–water partition coefficient (Wildman–Crippen LogP) is -0.709. The summed E-state index contributed by atoms with van der Waals surface area (Å²) in [5, 5.41) is 36.0. The van der Waals surface area contributed by atoms with Crippen LogP contribution in [0.4, 0.5) is 0 Å². The maximum atomic E-state index is 14.4. The number of carbonyl (C=O) groups is 12. The SMILES string of the molecule is CCCC(CCC(=O)N(C)[C@H](C(=O)NCC(=O)N(C)[C@@H]([C@@H](C)CC)[C@@H](CC(=O)N1CCC[C@H]1[C@H](OC)[C@@H](C)C(=O)N[C@@H](Cc1ccccc1)C(=O)O)OC)C(C)C)CCN1C(=O)CC(SCC(NC(=O)CCOCCOCCOCCOCCNC(=O)CNC(=O)CNC(=O)CN)C(N)=O)C1O. The third-order valence-electron chi connectivity index (χ3n) is 18.3. The molecule has 3 rings (SSSR count). The van der Waals surface area contributed by atoms with Crippen molar-refractivity contribution >= 4 is 82.7 Å². The standard InChI is InChI=1S/C69H116N12O20S/c1-11-17-47(23-27-81-60(88)38-53(68(81)93)102-43-50(65(71)90)76-54(82)24-28-98-30-32-100-34-35-101-33-31-99-29-25-72-56(84)40-74-57(85)41-73-55(83)39-70)21-22-58(86)78(7)62(44(3)4)67(92)75-42-61(89)79(8)63(45(5)12-2)52(96-9)37-59(87)80-26-16-20-51(80)64(97-10)46(6)66(91)77-49(69(94)95)36-48-18-14-13-15-19-48/h13-15,18-19,44-47,49-53,62-64,68,93H,11-12,16-17,20-43,70H2,1-10H3,(H2,71,90)(H,72,84)(H,73,83)(H,74,85)(H,75,92)(H,76,82)(H,77,91)(H,94,95)/t45-,46+,47?,49-,50?,51-,52+,53?,62-,63-,64+,68?/m0/s1. The lowest BCUT2D eigenvalue weighted by atomic mass is 9.90. The zero-order valence-corrected chi connectivity index (χ0v) is 62.1. The zero-order valence-electron chi connectivity index (χ0n) is 61.3. The number of methoxy groups -OCH3 is 2. The maximum absolute atomic E-state index is 14.4. The first-order chi connectivity index (χ1) is 48.6. The third-order valence-corrected chi connectivity index (χ3v) is 19.7. The molecule has 2 saturated heterocycles. The van der Waals surface area contributed by atoms with Gasteiger partial charge in [0.2, 0.25) is 65.0 Å². The smallest absolute Gasteiger partial charge is 0.326 e. The molecule has 1 aromatic carbocycles. The summed E-state index contributed by atoms with van der Waals surface area (Å²) in [6.07, 6.45) is 1.46. The lowest BCUT2D eigenvalue weighted by Gasteiger charge is -2.39. The Labute approximate surface area is 604 Å². The number of carboxylic acid groups (broad SMARTS) is 1. The number of aliphatic hydroxyl groups excluding tert-OH is 1. The van der Waals surface area contributed by atoms with Crippen molar-refractivity contribution in [3.63, 3.8) is 0 Å². The first-order valence-corrected chi connectivity index (χ1v) is 36.4. The van der Waals surface area contributed by atoms with E-state index in [0.717, 1.165) is 30.2 Å². The number of hydrogen-bond acceptors (Lipinski definition) is 21. The molecule has 0 spiro atoms. The summed E-state index contributed by atoms with van der Waals surface area (Å²) in [6.45, 7) is 12.6. The van der Waals surface area contributed by atoms with Gasteiger partial charge in [0.1, 0.15) is 24.4 Å². The number of aliphatic hydroxyl groups is 1. The molecule has 2 aliphatic rings. The second-order valence-corrected chi connectivity index (χ2v) is 27.3. The molecule has 0 radical (unpaired) electrons. The number of carboxylic acids is 1. The highest BCUT2D eigenvalue weighted by Crippen LogP contribution is 2.32. The first kappa shape index (κ1) is 89.1. The van der Waals surface area contributed by atoms with Crippen LogP contribution in [0.15, 0.2) is 30.3 Å². The second-order valence-electron chi connectivity index (χ2n) is 26.0. The average molecular weight is 1470 g/mol. The normalized spacial score (nSPS) is 17.8. The Bertz CT molecular complexity index is 2800. The highest BCUT2D eigenvalue weighted by Gasteiger charge is 2.44. The van der Waals surface area contributed by atoms with E-state index >= 15 is 0 Å². The molecule has 32 nitrogen and oxygen atoms in total. The van der Waals surface area contributed by atoms with Gasteiger partial charge >= 0.3 is 5.97 Å². The Kier molecular flexibility index (Phi) is 42.6. The van der Waals surface area contributed by atoms with Crippen LogP contribution in [0.3, 0.4) is 0 Å². The van der Waals surface area contributed by atoms with Gasteiger partial charge in [0.05, 0.1) is 121 Å². The second kappa shape index (κ2) is 48.8. The quantitative estimate of drug-likeness (QED) is 0.0360. The van der Waals surface area contributed by atoms with Crippen LogP contribution < -0.4 is 43.4 Å². The van der Waals surface area contributed by atoms with Crippen LogP contribution >= 0.6 is 11.8 Å². The van der Waals surface area contributed by atoms with Gasteiger partial charge in [-0.2, -0.15) is 11.8 Å². The molecule has 0 saturated carbocycles. The monoisotopic (exact) mass is 1460 g/mol. The summed E-state index contributed by atoms with van der Waals surface area (Å²) in [7, 11) is 6.09. The summed E-state index contributed by atoms with van der Waals surface area (Å²) >= 11 is 1.15. The largest absolute Gasteiger partial charge is 0.480 e. The molecule has 0 aromatic heterocycles. The molecule has 0 bridgehead atoms. The topological polar surface area (TPSA) is 438 Å². The number of rotatable bonds is 53. The Hall–Kier alpha value is -7.11. The van der Waals surface area contributed by atoms with Crippen LogP contribution in [-0.4, -0.2) is 287 Å². The number of nitrogens with zero attached hydrogens (tertiary/aromatic N) is 4. The van der Waals surface area contributed by atoms with Gasteiger partial charge in [0.15, 0.2) is 0 Å². The number of nitrogens with two attached hydrogens (primary N) is 2. The number of likely N-dealkylation sites (tertiary alicyclic amines) is 2. The highest BCUT2D eigenvalue weighted by molar-refractivity contribution is 8.00. The molecule has 12 N–H and O–H groups in total. The fourth-order valence-corrected chi connectivity index (χ4v) is 13.7. The lowest BCUT2D eigenvalue weighted by Crippen LogP contribution is -2.56. The van der Waals surface area contributed by atoms with Gasteiger partial charge in [-0.15, -0.1) is 0 Å². The van der Waals surface area contributed by atoms with E-state index < -0.39 is 120 Å². The number of likely N-dealkylation sites (N-methyl/N-ethyl adjacent to an activating group) is 2. The zero-order chi connectivity index (χ0) is 75.8. The molecule has 12 atom stereocenters. The maximum Gasteiger partial charge on any atom is 0.326 e. The van der Waals surface area contributed by atoms with Gasteiger partial charge in [-0.25, -0.2) is 4.79 Å². The van der Waals surface area contributed by atoms with Gasteiger partial charge < -0.3 is 102 Å². The van der Waals surface area contributed by atoms with Crippen molar-refractivity contribution in [2.24, 2.45) is 35.1 Å². The fraction of sp³-hybridized carbons (Fsp3) is 0.739. The minimum Gasteiger partial charge on any atom is -0.480 e. The van der Waals surface area contributed by atoms with Crippen LogP contribution in [0.5, 0.6) is 0 Å². The van der Waals surface area contributed by atoms with Crippen LogP contribution in [0, 0.1) is 23.7 Å². The molecule has 2 heterocycles. The van der Waals surface area contributed by atoms with Crippen molar-refractivity contribution in [3.05, 3.63) is 35.9 Å². The number of carbonyl (C=O) groups excluding carboxylic acids is 11. The van der Waals surface area contributed by atoms with Gasteiger partial charge in [0.25, 0.3) is 0 Å². The van der Waals surface area contributed by atoms with E-state index in [-0.39, 0.29) is 159 Å². The van der Waals surface area contributed by atoms with E-state index in [4.69, 9.17) is 39.9 Å². The third kappa shape index (κ3) is 31.5. The van der Waals surface area contributed by atoms with E-state index in [9.17, 15) is 67.7 Å². The Morgan fingerprint density at radius 2 is 1.32 bits per heavy atom. The summed E-state index contributed by atoms with van der Waals surface area (Å²) in [4.78, 5) is 161. The number of thioether (sulfide) groups is 1. The number of aliphatic carboxylic acids is 1. The number of nitrogens with one attached hydrogen (secondary N) is 6. The summed E-state index contributed by atoms with van der Waals surface area (Å²) < 4.78 is 33.7. The van der Waals surface area contributed by atoms with Crippen LogP contribution in [0.1, 0.15) is 118 Å². The molecule has 1 aromatic rings. The minimum atomic E-state index is -1.19. The van der Waals surface area contributed by atoms with Crippen molar-refractivity contribution in [3.8, 4) is 0 Å². The first-order valence-electron chi connectivity index (χ1n) is 35.3. The molecular formula is C69H116N12O20S. The van der Waals surface area contributed by atoms with Gasteiger partial charge in [-0.05, 0) is 49.0 Å². The summed E-state index contributed by atoms with van der Waals surface area (Å²) in [5.41, 5.74) is 11.5. The number of benzene rings is 1. The summed E-state index contributed by atoms with van der Waals surface area (Å²) in [6, 6.07) is 4.64.